The zero-order valence-electron chi connectivity index (χ0n) is 8.91. The Bertz CT molecular complexity index is 448. The Kier molecular flexibility index (Phi) is 3.29. The molecule has 0 bridgehead atoms. The second-order valence-electron chi connectivity index (χ2n) is 3.72. The van der Waals surface area contributed by atoms with Gasteiger partial charge in [0, 0.05) is 10.6 Å². The van der Waals surface area contributed by atoms with Crippen molar-refractivity contribution in [3.05, 3.63) is 58.5 Å². The fourth-order valence-corrected chi connectivity index (χ4v) is 2.05. The van der Waals surface area contributed by atoms with Gasteiger partial charge in [0.1, 0.15) is 0 Å². The molecule has 0 saturated carbocycles. The van der Waals surface area contributed by atoms with Gasteiger partial charge in [-0.1, -0.05) is 17.7 Å². The van der Waals surface area contributed by atoms with Crippen LogP contribution in [0.15, 0.2) is 41.2 Å². The third kappa shape index (κ3) is 2.27. The van der Waals surface area contributed by atoms with Gasteiger partial charge >= 0.3 is 0 Å². The van der Waals surface area contributed by atoms with Crippen LogP contribution in [0.25, 0.3) is 0 Å². The van der Waals surface area contributed by atoms with Gasteiger partial charge in [0.15, 0.2) is 0 Å². The molecular weight excluding hydrogens is 224 g/mol. The lowest BCUT2D eigenvalue weighted by atomic mass is 10.0. The summed E-state index contributed by atoms with van der Waals surface area (Å²) in [7, 11) is 0. The molecule has 2 rings (SSSR count). The maximum Gasteiger partial charge on any atom is 0.0954 e. The standard InChI is InChI=1S/C12H13ClN2O/c1-8-4-10(6-11(13)5-8)12(15-14)9-2-3-16-7-9/h2-7,12,15H,14H2,1H3. The predicted molar refractivity (Wildman–Crippen MR) is 64.1 cm³/mol. The maximum absolute atomic E-state index is 6.02. The van der Waals surface area contributed by atoms with E-state index >= 15 is 0 Å². The third-order valence-corrected chi connectivity index (χ3v) is 2.66. The van der Waals surface area contributed by atoms with E-state index in [9.17, 15) is 0 Å². The minimum Gasteiger partial charge on any atom is -0.472 e. The maximum atomic E-state index is 6.02. The summed E-state index contributed by atoms with van der Waals surface area (Å²) in [5, 5.41) is 0.707. The molecule has 3 nitrogen and oxygen atoms in total. The Morgan fingerprint density at radius 3 is 2.69 bits per heavy atom. The molecule has 1 atom stereocenters. The van der Waals surface area contributed by atoms with E-state index in [1.165, 1.54) is 0 Å². The summed E-state index contributed by atoms with van der Waals surface area (Å²) in [6, 6.07) is 7.63. The minimum atomic E-state index is -0.101. The van der Waals surface area contributed by atoms with E-state index in [-0.39, 0.29) is 6.04 Å². The van der Waals surface area contributed by atoms with Gasteiger partial charge in [-0.25, -0.2) is 5.43 Å². The zero-order chi connectivity index (χ0) is 11.5. The molecule has 1 unspecified atom stereocenters. The highest BCUT2D eigenvalue weighted by Crippen LogP contribution is 2.25. The Morgan fingerprint density at radius 2 is 2.12 bits per heavy atom. The fourth-order valence-electron chi connectivity index (χ4n) is 1.76. The minimum absolute atomic E-state index is 0.101. The zero-order valence-corrected chi connectivity index (χ0v) is 9.66. The lowest BCUT2D eigenvalue weighted by molar-refractivity contribution is 0.553. The SMILES string of the molecule is Cc1cc(Cl)cc(C(NN)c2ccoc2)c1. The van der Waals surface area contributed by atoms with Gasteiger partial charge < -0.3 is 4.42 Å². The molecule has 3 N–H and O–H groups in total. The van der Waals surface area contributed by atoms with E-state index in [1.54, 1.807) is 12.5 Å². The molecule has 16 heavy (non-hydrogen) atoms. The van der Waals surface area contributed by atoms with Crippen LogP contribution in [0.2, 0.25) is 5.02 Å². The highest BCUT2D eigenvalue weighted by Gasteiger charge is 2.14. The van der Waals surface area contributed by atoms with Crippen molar-refractivity contribution >= 4 is 11.6 Å². The smallest absolute Gasteiger partial charge is 0.0954 e. The summed E-state index contributed by atoms with van der Waals surface area (Å²) in [6.07, 6.45) is 3.29. The van der Waals surface area contributed by atoms with Crippen LogP contribution in [-0.4, -0.2) is 0 Å². The van der Waals surface area contributed by atoms with Crippen LogP contribution >= 0.6 is 11.6 Å². The molecule has 0 aliphatic rings. The van der Waals surface area contributed by atoms with Crippen LogP contribution in [0.1, 0.15) is 22.7 Å². The Hall–Kier alpha value is -1.29. The van der Waals surface area contributed by atoms with Crippen LogP contribution in [0.4, 0.5) is 0 Å². The number of rotatable bonds is 3. The summed E-state index contributed by atoms with van der Waals surface area (Å²) < 4.78 is 5.05. The topological polar surface area (TPSA) is 51.2 Å². The van der Waals surface area contributed by atoms with E-state index in [1.807, 2.05) is 31.2 Å². The summed E-state index contributed by atoms with van der Waals surface area (Å²) in [4.78, 5) is 0. The van der Waals surface area contributed by atoms with Gasteiger partial charge in [0.25, 0.3) is 0 Å². The lowest BCUT2D eigenvalue weighted by Gasteiger charge is -2.15. The highest BCUT2D eigenvalue weighted by atomic mass is 35.5. The average molecular weight is 237 g/mol. The average Bonchev–Trinajstić information content (AvgIpc) is 2.70. The van der Waals surface area contributed by atoms with Crippen molar-refractivity contribution < 1.29 is 4.42 Å². The summed E-state index contributed by atoms with van der Waals surface area (Å²) >= 11 is 6.02. The van der Waals surface area contributed by atoms with Crippen molar-refractivity contribution in [1.29, 1.82) is 0 Å². The predicted octanol–water partition coefficient (Wildman–Crippen LogP) is 2.79. The molecule has 0 amide bonds. The Morgan fingerprint density at radius 1 is 1.31 bits per heavy atom. The molecule has 0 aliphatic carbocycles. The van der Waals surface area contributed by atoms with Crippen molar-refractivity contribution in [3.63, 3.8) is 0 Å². The number of hydrogen-bond acceptors (Lipinski definition) is 3. The molecule has 4 heteroatoms. The molecule has 1 aromatic carbocycles. The van der Waals surface area contributed by atoms with Gasteiger partial charge in [-0.3, -0.25) is 5.84 Å². The van der Waals surface area contributed by atoms with Crippen molar-refractivity contribution in [1.82, 2.24) is 5.43 Å². The summed E-state index contributed by atoms with van der Waals surface area (Å²) in [5.74, 6) is 5.56. The van der Waals surface area contributed by atoms with Crippen molar-refractivity contribution in [3.8, 4) is 0 Å². The second-order valence-corrected chi connectivity index (χ2v) is 4.15. The van der Waals surface area contributed by atoms with Crippen molar-refractivity contribution in [2.24, 2.45) is 5.84 Å². The quantitative estimate of drug-likeness (QED) is 0.637. The van der Waals surface area contributed by atoms with Gasteiger partial charge in [-0.05, 0) is 36.2 Å². The number of benzene rings is 1. The molecular formula is C12H13ClN2O. The monoisotopic (exact) mass is 236 g/mol. The Labute approximate surface area is 99.2 Å². The molecule has 1 heterocycles. The summed E-state index contributed by atoms with van der Waals surface area (Å²) in [6.45, 7) is 2.00. The van der Waals surface area contributed by atoms with Crippen molar-refractivity contribution in [2.45, 2.75) is 13.0 Å². The Balaban J connectivity index is 2.41. The molecule has 1 aromatic heterocycles. The van der Waals surface area contributed by atoms with Gasteiger partial charge in [0.05, 0.1) is 18.6 Å². The van der Waals surface area contributed by atoms with Gasteiger partial charge in [-0.2, -0.15) is 0 Å². The molecule has 0 aliphatic heterocycles. The molecule has 0 spiro atoms. The lowest BCUT2D eigenvalue weighted by Crippen LogP contribution is -2.28. The number of halogens is 1. The van der Waals surface area contributed by atoms with Gasteiger partial charge in [0.2, 0.25) is 0 Å². The van der Waals surface area contributed by atoms with E-state index in [0.717, 1.165) is 16.7 Å². The molecule has 0 saturated heterocycles. The van der Waals surface area contributed by atoms with Crippen molar-refractivity contribution in [2.75, 3.05) is 0 Å². The number of nitrogens with two attached hydrogens (primary N) is 1. The highest BCUT2D eigenvalue weighted by molar-refractivity contribution is 6.30. The fraction of sp³-hybridized carbons (Fsp3) is 0.167. The van der Waals surface area contributed by atoms with Crippen LogP contribution in [-0.2, 0) is 0 Å². The van der Waals surface area contributed by atoms with Crippen LogP contribution in [0, 0.1) is 6.92 Å². The normalized spacial score (nSPS) is 12.7. The number of hydrogen-bond donors (Lipinski definition) is 2. The first-order valence-corrected chi connectivity index (χ1v) is 5.34. The molecule has 0 radical (unpaired) electrons. The molecule has 0 fully saturated rings. The van der Waals surface area contributed by atoms with Crippen LogP contribution in [0.5, 0.6) is 0 Å². The largest absolute Gasteiger partial charge is 0.472 e. The number of furan rings is 1. The first-order valence-electron chi connectivity index (χ1n) is 4.96. The first-order chi connectivity index (χ1) is 7.70. The molecule has 84 valence electrons. The van der Waals surface area contributed by atoms with E-state index in [0.29, 0.717) is 5.02 Å². The number of hydrazine groups is 1. The van der Waals surface area contributed by atoms with E-state index in [4.69, 9.17) is 21.9 Å². The van der Waals surface area contributed by atoms with Gasteiger partial charge in [-0.15, -0.1) is 0 Å². The van der Waals surface area contributed by atoms with E-state index < -0.39 is 0 Å². The second kappa shape index (κ2) is 4.70. The third-order valence-electron chi connectivity index (χ3n) is 2.44. The van der Waals surface area contributed by atoms with E-state index in [2.05, 4.69) is 5.43 Å². The molecule has 2 aromatic rings. The summed E-state index contributed by atoms with van der Waals surface area (Å²) in [5.41, 5.74) is 5.86. The van der Waals surface area contributed by atoms with Crippen LogP contribution in [0.3, 0.4) is 0 Å². The van der Waals surface area contributed by atoms with Crippen LogP contribution < -0.4 is 11.3 Å². The first kappa shape index (κ1) is 11.2. The number of aryl methyl sites for hydroxylation is 1. The number of nitrogens with one attached hydrogen (secondary N) is 1.